The van der Waals surface area contributed by atoms with Crippen molar-refractivity contribution in [3.63, 3.8) is 0 Å². The van der Waals surface area contributed by atoms with E-state index in [2.05, 4.69) is 20.4 Å². The first-order valence-electron chi connectivity index (χ1n) is 6.31. The summed E-state index contributed by atoms with van der Waals surface area (Å²) in [4.78, 5) is 13.0. The minimum atomic E-state index is 0.255. The summed E-state index contributed by atoms with van der Waals surface area (Å²) >= 11 is 0. The number of tetrazole rings is 1. The van der Waals surface area contributed by atoms with Crippen molar-refractivity contribution in [2.45, 2.75) is 38.3 Å². The van der Waals surface area contributed by atoms with Gasteiger partial charge in [0.15, 0.2) is 5.82 Å². The maximum Gasteiger partial charge on any atom is 0.165 e. The van der Waals surface area contributed by atoms with Crippen LogP contribution in [0.1, 0.15) is 37.5 Å². The maximum atomic E-state index is 10.7. The molecule has 0 bridgehead atoms. The molecule has 2 fully saturated rings. The third-order valence-corrected chi connectivity index (χ3v) is 3.64. The van der Waals surface area contributed by atoms with Gasteiger partial charge in [-0.15, -0.1) is 5.10 Å². The van der Waals surface area contributed by atoms with Gasteiger partial charge in [-0.2, -0.15) is 0 Å². The SMILES string of the molecule is O=CC1CCN(Cc2nnnn2C2CC2)CC1. The number of hydrogen-bond acceptors (Lipinski definition) is 5. The quantitative estimate of drug-likeness (QED) is 0.708. The fourth-order valence-corrected chi connectivity index (χ4v) is 2.37. The van der Waals surface area contributed by atoms with Gasteiger partial charge in [0, 0.05) is 5.92 Å². The third kappa shape index (κ3) is 2.36. The summed E-state index contributed by atoms with van der Waals surface area (Å²) in [5.41, 5.74) is 0. The molecule has 0 radical (unpaired) electrons. The second kappa shape index (κ2) is 4.52. The van der Waals surface area contributed by atoms with E-state index in [1.54, 1.807) is 0 Å². The highest BCUT2D eigenvalue weighted by molar-refractivity contribution is 5.53. The van der Waals surface area contributed by atoms with E-state index in [1.807, 2.05) is 4.68 Å². The molecule has 0 unspecified atom stereocenters. The Labute approximate surface area is 100.0 Å². The summed E-state index contributed by atoms with van der Waals surface area (Å²) in [6.45, 7) is 2.76. The summed E-state index contributed by atoms with van der Waals surface area (Å²) in [7, 11) is 0. The van der Waals surface area contributed by atoms with Crippen molar-refractivity contribution in [3.05, 3.63) is 5.82 Å². The second-order valence-electron chi connectivity index (χ2n) is 5.02. The molecule has 1 saturated carbocycles. The number of hydrogen-bond donors (Lipinski definition) is 0. The molecule has 0 amide bonds. The molecule has 1 aliphatic heterocycles. The molecule has 1 aromatic heterocycles. The number of likely N-dealkylation sites (tertiary alicyclic amines) is 1. The van der Waals surface area contributed by atoms with E-state index in [1.165, 1.54) is 12.8 Å². The highest BCUT2D eigenvalue weighted by atomic mass is 16.1. The molecule has 0 atom stereocenters. The van der Waals surface area contributed by atoms with Gasteiger partial charge in [0.1, 0.15) is 6.29 Å². The zero-order valence-electron chi connectivity index (χ0n) is 9.83. The van der Waals surface area contributed by atoms with Gasteiger partial charge in [0.2, 0.25) is 0 Å². The van der Waals surface area contributed by atoms with Crippen LogP contribution in [0, 0.1) is 5.92 Å². The van der Waals surface area contributed by atoms with Crippen molar-refractivity contribution in [1.29, 1.82) is 0 Å². The number of carbonyl (C=O) groups excluding carboxylic acids is 1. The van der Waals surface area contributed by atoms with Gasteiger partial charge in [0.25, 0.3) is 0 Å². The number of carbonyl (C=O) groups is 1. The van der Waals surface area contributed by atoms with Crippen molar-refractivity contribution in [2.75, 3.05) is 13.1 Å². The number of piperidine rings is 1. The second-order valence-corrected chi connectivity index (χ2v) is 5.02. The molecule has 1 saturated heterocycles. The molecule has 0 N–H and O–H groups in total. The van der Waals surface area contributed by atoms with Crippen LogP contribution in [-0.4, -0.2) is 44.5 Å². The van der Waals surface area contributed by atoms with Crippen molar-refractivity contribution >= 4 is 6.29 Å². The maximum absolute atomic E-state index is 10.7. The summed E-state index contributed by atoms with van der Waals surface area (Å²) in [5.74, 6) is 1.22. The van der Waals surface area contributed by atoms with Crippen molar-refractivity contribution in [3.8, 4) is 0 Å². The van der Waals surface area contributed by atoms with Crippen LogP contribution < -0.4 is 0 Å². The molecular formula is C11H17N5O. The average molecular weight is 235 g/mol. The minimum absolute atomic E-state index is 0.255. The number of aldehydes is 1. The number of aromatic nitrogens is 4. The summed E-state index contributed by atoms with van der Waals surface area (Å²) < 4.78 is 1.96. The molecule has 2 heterocycles. The van der Waals surface area contributed by atoms with Crippen molar-refractivity contribution < 1.29 is 4.79 Å². The predicted octanol–water partition coefficient (Wildman–Crippen LogP) is 0.419. The number of nitrogens with zero attached hydrogens (tertiary/aromatic N) is 5. The van der Waals surface area contributed by atoms with E-state index >= 15 is 0 Å². The lowest BCUT2D eigenvalue weighted by molar-refractivity contribution is -0.112. The summed E-state index contributed by atoms with van der Waals surface area (Å²) in [6, 6.07) is 0.535. The van der Waals surface area contributed by atoms with Gasteiger partial charge in [0.05, 0.1) is 12.6 Å². The molecule has 1 aromatic rings. The first-order chi connectivity index (χ1) is 8.36. The van der Waals surface area contributed by atoms with Crippen LogP contribution in [0.2, 0.25) is 0 Å². The van der Waals surface area contributed by atoms with Gasteiger partial charge in [-0.25, -0.2) is 4.68 Å². The van der Waals surface area contributed by atoms with E-state index in [9.17, 15) is 4.79 Å². The number of rotatable bonds is 4. The Bertz CT molecular complexity index is 392. The monoisotopic (exact) mass is 235 g/mol. The molecule has 0 aromatic carbocycles. The van der Waals surface area contributed by atoms with Crippen LogP contribution in [0.25, 0.3) is 0 Å². The van der Waals surface area contributed by atoms with Crippen LogP contribution in [0.5, 0.6) is 0 Å². The molecule has 0 spiro atoms. The van der Waals surface area contributed by atoms with E-state index in [-0.39, 0.29) is 5.92 Å². The predicted molar refractivity (Wildman–Crippen MR) is 60.2 cm³/mol. The van der Waals surface area contributed by atoms with Gasteiger partial charge in [-0.1, -0.05) is 0 Å². The first kappa shape index (κ1) is 10.8. The third-order valence-electron chi connectivity index (χ3n) is 3.64. The molecule has 1 aliphatic carbocycles. The Balaban J connectivity index is 1.59. The normalized spacial score (nSPS) is 22.8. The lowest BCUT2D eigenvalue weighted by Gasteiger charge is -2.28. The van der Waals surface area contributed by atoms with E-state index in [0.29, 0.717) is 6.04 Å². The standard InChI is InChI=1S/C11H17N5O/c17-8-9-3-5-15(6-4-9)7-11-12-13-14-16(11)10-1-2-10/h8-10H,1-7H2. The summed E-state index contributed by atoms with van der Waals surface area (Å²) in [6.07, 6.45) is 5.42. The highest BCUT2D eigenvalue weighted by Crippen LogP contribution is 2.34. The molecule has 2 aliphatic rings. The largest absolute Gasteiger partial charge is 0.303 e. The highest BCUT2D eigenvalue weighted by Gasteiger charge is 2.28. The molecule has 3 rings (SSSR count). The molecule has 6 heteroatoms. The smallest absolute Gasteiger partial charge is 0.165 e. The molecular weight excluding hydrogens is 218 g/mol. The lowest BCUT2D eigenvalue weighted by atomic mass is 9.99. The van der Waals surface area contributed by atoms with Crippen molar-refractivity contribution in [1.82, 2.24) is 25.1 Å². The molecule has 92 valence electrons. The molecule has 6 nitrogen and oxygen atoms in total. The Morgan fingerprint density at radius 2 is 2.00 bits per heavy atom. The first-order valence-corrected chi connectivity index (χ1v) is 6.31. The topological polar surface area (TPSA) is 63.9 Å². The summed E-state index contributed by atoms with van der Waals surface area (Å²) in [5, 5.41) is 11.9. The van der Waals surface area contributed by atoms with Gasteiger partial charge in [-0.3, -0.25) is 4.90 Å². The average Bonchev–Trinajstić information content (AvgIpc) is 3.11. The van der Waals surface area contributed by atoms with Crippen LogP contribution >= 0.6 is 0 Å². The Hall–Kier alpha value is -1.30. The zero-order chi connectivity index (χ0) is 11.7. The van der Waals surface area contributed by atoms with E-state index in [4.69, 9.17) is 0 Å². The molecule has 17 heavy (non-hydrogen) atoms. The van der Waals surface area contributed by atoms with Crippen molar-refractivity contribution in [2.24, 2.45) is 5.92 Å². The van der Waals surface area contributed by atoms with Crippen LogP contribution in [-0.2, 0) is 11.3 Å². The Kier molecular flexibility index (Phi) is 2.88. The fraction of sp³-hybridized carbons (Fsp3) is 0.818. The van der Waals surface area contributed by atoms with Gasteiger partial charge >= 0.3 is 0 Å². The van der Waals surface area contributed by atoms with Gasteiger partial charge in [-0.05, 0) is 49.2 Å². The van der Waals surface area contributed by atoms with E-state index < -0.39 is 0 Å². The Morgan fingerprint density at radius 3 is 2.65 bits per heavy atom. The lowest BCUT2D eigenvalue weighted by Crippen LogP contribution is -2.34. The van der Waals surface area contributed by atoms with Gasteiger partial charge < -0.3 is 4.79 Å². The van der Waals surface area contributed by atoms with Crippen LogP contribution in [0.15, 0.2) is 0 Å². The minimum Gasteiger partial charge on any atom is -0.303 e. The van der Waals surface area contributed by atoms with Crippen LogP contribution in [0.4, 0.5) is 0 Å². The van der Waals surface area contributed by atoms with Crippen LogP contribution in [0.3, 0.4) is 0 Å². The Morgan fingerprint density at radius 1 is 1.24 bits per heavy atom. The zero-order valence-corrected chi connectivity index (χ0v) is 9.83. The fourth-order valence-electron chi connectivity index (χ4n) is 2.37. The van der Waals surface area contributed by atoms with E-state index in [0.717, 1.165) is 44.6 Å².